The van der Waals surface area contributed by atoms with Crippen LogP contribution in [0.4, 0.5) is 5.69 Å². The lowest BCUT2D eigenvalue weighted by Gasteiger charge is -2.19. The van der Waals surface area contributed by atoms with Gasteiger partial charge >= 0.3 is 5.97 Å². The average Bonchev–Trinajstić information content (AvgIpc) is 3.14. The number of anilines is 1. The molecule has 0 fully saturated rings. The molecule has 3 rings (SSSR count). The van der Waals surface area contributed by atoms with Crippen molar-refractivity contribution >= 4 is 36.0 Å². The number of esters is 1. The van der Waals surface area contributed by atoms with Crippen LogP contribution in [0.5, 0.6) is 0 Å². The van der Waals surface area contributed by atoms with Crippen LogP contribution < -0.4 is 4.90 Å². The molecule has 0 heterocycles. The zero-order chi connectivity index (χ0) is 34.8. The number of ether oxygens (including phenoxy) is 4. The number of rotatable bonds is 26. The van der Waals surface area contributed by atoms with Gasteiger partial charge in [-0.1, -0.05) is 138 Å². The number of carbonyl (C=O) groups is 1. The molecule has 49 heavy (non-hydrogen) atoms. The molecule has 0 spiro atoms. The lowest BCUT2D eigenvalue weighted by atomic mass is 10.1. The number of benzene rings is 3. The molecule has 3 aromatic rings. The molecule has 0 saturated heterocycles. The van der Waals surface area contributed by atoms with Crippen molar-refractivity contribution in [2.45, 2.75) is 71.1 Å². The van der Waals surface area contributed by atoms with Gasteiger partial charge in [-0.25, -0.2) is 4.79 Å². The van der Waals surface area contributed by atoms with Crippen LogP contribution in [0.1, 0.15) is 104 Å². The molecule has 0 radical (unpaired) electrons. The van der Waals surface area contributed by atoms with Crippen molar-refractivity contribution in [2.24, 2.45) is 0 Å². The van der Waals surface area contributed by atoms with E-state index in [1.165, 1.54) is 75.5 Å². The second-order valence-electron chi connectivity index (χ2n) is 12.5. The van der Waals surface area contributed by atoms with Gasteiger partial charge in [0.1, 0.15) is 6.61 Å². The fraction of sp³-hybridized carbons (Fsp3) is 0.465. The van der Waals surface area contributed by atoms with E-state index in [1.54, 1.807) is 19.2 Å². The van der Waals surface area contributed by atoms with Crippen LogP contribution in [0, 0.1) is 0 Å². The SMILES string of the molecule is CCCCCCCCCCCCN(C)c1ccc(/C=C/c2ccc(/C=C/c3ccc(C(=O)OCCOCCOCCOC)cc3)cc2)cc1. The summed E-state index contributed by atoms with van der Waals surface area (Å²) in [6.07, 6.45) is 22.1. The minimum absolute atomic E-state index is 0.202. The Hall–Kier alpha value is -3.71. The Morgan fingerprint density at radius 3 is 1.45 bits per heavy atom. The number of hydrogen-bond acceptors (Lipinski definition) is 6. The van der Waals surface area contributed by atoms with E-state index in [2.05, 4.69) is 85.6 Å². The average molecular weight is 670 g/mol. The third-order valence-electron chi connectivity index (χ3n) is 8.46. The zero-order valence-electron chi connectivity index (χ0n) is 30.2. The van der Waals surface area contributed by atoms with Crippen molar-refractivity contribution in [1.29, 1.82) is 0 Å². The highest BCUT2D eigenvalue weighted by molar-refractivity contribution is 5.89. The first-order chi connectivity index (χ1) is 24.1. The monoisotopic (exact) mass is 669 g/mol. The van der Waals surface area contributed by atoms with Gasteiger partial charge in [0, 0.05) is 26.4 Å². The van der Waals surface area contributed by atoms with Gasteiger partial charge in [0.2, 0.25) is 0 Å². The molecule has 0 aliphatic heterocycles. The van der Waals surface area contributed by atoms with E-state index in [1.807, 2.05) is 18.2 Å². The summed E-state index contributed by atoms with van der Waals surface area (Å²) in [5.41, 5.74) is 6.26. The third kappa shape index (κ3) is 17.5. The molecule has 0 N–H and O–H groups in total. The molecule has 0 amide bonds. The fourth-order valence-electron chi connectivity index (χ4n) is 5.38. The van der Waals surface area contributed by atoms with Gasteiger partial charge in [-0.15, -0.1) is 0 Å². The van der Waals surface area contributed by atoms with E-state index in [0.717, 1.165) is 23.2 Å². The van der Waals surface area contributed by atoms with Gasteiger partial charge in [-0.3, -0.25) is 0 Å². The lowest BCUT2D eigenvalue weighted by molar-refractivity contribution is 0.00570. The molecule has 0 unspecified atom stereocenters. The van der Waals surface area contributed by atoms with Crippen molar-refractivity contribution in [3.63, 3.8) is 0 Å². The largest absolute Gasteiger partial charge is 0.460 e. The van der Waals surface area contributed by atoms with Gasteiger partial charge in [0.05, 0.1) is 38.6 Å². The Balaban J connectivity index is 1.32. The summed E-state index contributed by atoms with van der Waals surface area (Å²) in [5.74, 6) is -0.359. The van der Waals surface area contributed by atoms with Crippen LogP contribution >= 0.6 is 0 Å². The first-order valence-electron chi connectivity index (χ1n) is 18.3. The van der Waals surface area contributed by atoms with Crippen molar-refractivity contribution in [3.8, 4) is 0 Å². The number of carbonyl (C=O) groups excluding carboxylic acids is 1. The Morgan fingerprint density at radius 1 is 0.551 bits per heavy atom. The van der Waals surface area contributed by atoms with Crippen molar-refractivity contribution < 1.29 is 23.7 Å². The van der Waals surface area contributed by atoms with Gasteiger partial charge < -0.3 is 23.8 Å². The first kappa shape index (κ1) is 39.7. The van der Waals surface area contributed by atoms with Crippen LogP contribution in [0.2, 0.25) is 0 Å². The maximum atomic E-state index is 12.3. The van der Waals surface area contributed by atoms with Crippen LogP contribution in [0.25, 0.3) is 24.3 Å². The quantitative estimate of drug-likeness (QED) is 0.0482. The van der Waals surface area contributed by atoms with E-state index in [0.29, 0.717) is 38.6 Å². The minimum atomic E-state index is -0.359. The van der Waals surface area contributed by atoms with Crippen molar-refractivity contribution in [2.75, 3.05) is 65.2 Å². The Kier molecular flexibility index (Phi) is 20.5. The Bertz CT molecular complexity index is 1330. The number of hydrogen-bond donors (Lipinski definition) is 0. The van der Waals surface area contributed by atoms with E-state index < -0.39 is 0 Å². The van der Waals surface area contributed by atoms with E-state index in [-0.39, 0.29) is 12.6 Å². The minimum Gasteiger partial charge on any atom is -0.460 e. The first-order valence-corrected chi connectivity index (χ1v) is 18.3. The zero-order valence-corrected chi connectivity index (χ0v) is 30.2. The third-order valence-corrected chi connectivity index (χ3v) is 8.46. The molecule has 0 aromatic heterocycles. The summed E-state index contributed by atoms with van der Waals surface area (Å²) < 4.78 is 21.0. The Morgan fingerprint density at radius 2 is 0.959 bits per heavy atom. The molecule has 0 atom stereocenters. The van der Waals surface area contributed by atoms with Crippen LogP contribution in [0.3, 0.4) is 0 Å². The highest BCUT2D eigenvalue weighted by Crippen LogP contribution is 2.18. The summed E-state index contributed by atoms with van der Waals surface area (Å²) in [7, 11) is 3.83. The summed E-state index contributed by atoms with van der Waals surface area (Å²) in [6, 6.07) is 24.7. The summed E-state index contributed by atoms with van der Waals surface area (Å²) >= 11 is 0. The standard InChI is InChI=1S/C43H59NO5/c1-4-5-6-7-8-9-10-11-12-13-30-44(2)42-28-24-40(25-29-42)21-19-38-16-14-37(15-17-38)18-20-39-22-26-41(27-23-39)43(45)49-36-35-48-34-33-47-32-31-46-3/h14-29H,4-13,30-36H2,1-3H3/b20-18+,21-19+. The van der Waals surface area contributed by atoms with Crippen molar-refractivity contribution in [1.82, 2.24) is 0 Å². The molecule has 6 heteroatoms. The number of unbranched alkanes of at least 4 members (excludes halogenated alkanes) is 9. The smallest absolute Gasteiger partial charge is 0.338 e. The topological polar surface area (TPSA) is 57.2 Å². The summed E-state index contributed by atoms with van der Waals surface area (Å²) in [6.45, 7) is 5.96. The summed E-state index contributed by atoms with van der Waals surface area (Å²) in [5, 5.41) is 0. The van der Waals surface area contributed by atoms with Crippen molar-refractivity contribution in [3.05, 3.63) is 101 Å². The van der Waals surface area contributed by atoms with Gasteiger partial charge in [0.15, 0.2) is 0 Å². The van der Waals surface area contributed by atoms with Crippen LogP contribution in [-0.2, 0) is 18.9 Å². The molecule has 3 aromatic carbocycles. The molecule has 0 bridgehead atoms. The molecule has 0 saturated carbocycles. The molecular weight excluding hydrogens is 610 g/mol. The second-order valence-corrected chi connectivity index (χ2v) is 12.5. The van der Waals surface area contributed by atoms with Gasteiger partial charge in [-0.2, -0.15) is 0 Å². The number of nitrogens with zero attached hydrogens (tertiary/aromatic N) is 1. The molecular formula is C43H59NO5. The molecule has 6 nitrogen and oxygen atoms in total. The van der Waals surface area contributed by atoms with Crippen LogP contribution in [-0.4, -0.2) is 66.3 Å². The Labute approximate surface area is 296 Å². The highest BCUT2D eigenvalue weighted by Gasteiger charge is 2.06. The predicted octanol–water partition coefficient (Wildman–Crippen LogP) is 10.2. The molecule has 0 aliphatic rings. The predicted molar refractivity (Wildman–Crippen MR) is 206 cm³/mol. The van der Waals surface area contributed by atoms with Crippen LogP contribution in [0.15, 0.2) is 72.8 Å². The van der Waals surface area contributed by atoms with Gasteiger partial charge in [-0.05, 0) is 52.9 Å². The fourth-order valence-corrected chi connectivity index (χ4v) is 5.38. The lowest BCUT2D eigenvalue weighted by Crippen LogP contribution is -2.18. The van der Waals surface area contributed by atoms with E-state index in [9.17, 15) is 4.79 Å². The van der Waals surface area contributed by atoms with Gasteiger partial charge in [0.25, 0.3) is 0 Å². The molecule has 0 aliphatic carbocycles. The maximum Gasteiger partial charge on any atom is 0.338 e. The van der Waals surface area contributed by atoms with E-state index >= 15 is 0 Å². The summed E-state index contributed by atoms with van der Waals surface area (Å²) in [4.78, 5) is 14.7. The second kappa shape index (κ2) is 25.3. The number of methoxy groups -OCH3 is 1. The normalized spacial score (nSPS) is 11.5. The highest BCUT2D eigenvalue weighted by atomic mass is 16.6. The molecule has 266 valence electrons. The van der Waals surface area contributed by atoms with E-state index in [4.69, 9.17) is 18.9 Å². The maximum absolute atomic E-state index is 12.3.